The highest BCUT2D eigenvalue weighted by molar-refractivity contribution is 6.08. The molecule has 6 heteroatoms. The van der Waals surface area contributed by atoms with Gasteiger partial charge >= 0.3 is 0 Å². The van der Waals surface area contributed by atoms with Crippen LogP contribution < -0.4 is 9.64 Å². The zero-order valence-corrected chi connectivity index (χ0v) is 21.2. The number of aryl methyl sites for hydroxylation is 1. The SMILES string of the molecule is Cn1ccnc1-c1cc(Oc2cccc(N(c3ccccc3)c3ccccn3)c2)c2oc3ccccc3c2c1. The van der Waals surface area contributed by atoms with Crippen LogP contribution in [-0.2, 0) is 7.05 Å². The van der Waals surface area contributed by atoms with E-state index in [2.05, 4.69) is 45.2 Å². The Morgan fingerprint density at radius 2 is 1.54 bits per heavy atom. The van der Waals surface area contributed by atoms with Crippen molar-refractivity contribution in [3.63, 3.8) is 0 Å². The minimum absolute atomic E-state index is 0.628. The summed E-state index contributed by atoms with van der Waals surface area (Å²) in [5, 5.41) is 2.02. The number of pyridine rings is 1. The van der Waals surface area contributed by atoms with Gasteiger partial charge in [0.2, 0.25) is 0 Å². The van der Waals surface area contributed by atoms with Crippen LogP contribution in [-0.4, -0.2) is 14.5 Å². The van der Waals surface area contributed by atoms with Crippen LogP contribution in [0.5, 0.6) is 11.5 Å². The second kappa shape index (κ2) is 9.50. The van der Waals surface area contributed by atoms with Crippen molar-refractivity contribution in [1.29, 1.82) is 0 Å². The molecule has 0 unspecified atom stereocenters. The van der Waals surface area contributed by atoms with Gasteiger partial charge in [-0.2, -0.15) is 0 Å². The van der Waals surface area contributed by atoms with Crippen LogP contribution in [0.2, 0.25) is 0 Å². The van der Waals surface area contributed by atoms with Crippen molar-refractivity contribution in [3.05, 3.63) is 128 Å². The third kappa shape index (κ3) is 4.18. The quantitative estimate of drug-likeness (QED) is 0.225. The number of nitrogens with zero attached hydrogens (tertiary/aromatic N) is 4. The fraction of sp³-hybridized carbons (Fsp3) is 0.0303. The minimum atomic E-state index is 0.628. The molecule has 0 spiro atoms. The molecule has 0 aliphatic rings. The number of imidazole rings is 1. The van der Waals surface area contributed by atoms with Crippen molar-refractivity contribution >= 4 is 39.1 Å². The Morgan fingerprint density at radius 1 is 0.718 bits per heavy atom. The summed E-state index contributed by atoms with van der Waals surface area (Å²) in [7, 11) is 1.99. The molecule has 0 saturated heterocycles. The lowest BCUT2D eigenvalue weighted by Gasteiger charge is -2.24. The van der Waals surface area contributed by atoms with Gasteiger partial charge < -0.3 is 13.7 Å². The zero-order chi connectivity index (χ0) is 26.2. The summed E-state index contributed by atoms with van der Waals surface area (Å²) < 4.78 is 14.9. The Kier molecular flexibility index (Phi) is 5.56. The molecule has 0 aliphatic carbocycles. The first kappa shape index (κ1) is 22.8. The smallest absolute Gasteiger partial charge is 0.177 e. The minimum Gasteiger partial charge on any atom is -0.453 e. The highest BCUT2D eigenvalue weighted by Gasteiger charge is 2.18. The second-order valence-corrected chi connectivity index (χ2v) is 9.27. The molecule has 188 valence electrons. The molecule has 0 atom stereocenters. The van der Waals surface area contributed by atoms with Crippen LogP contribution in [0.4, 0.5) is 17.2 Å². The number of aromatic nitrogens is 3. The number of hydrogen-bond acceptors (Lipinski definition) is 5. The van der Waals surface area contributed by atoms with Gasteiger partial charge in [-0.15, -0.1) is 0 Å². The maximum absolute atomic E-state index is 6.58. The Labute approximate surface area is 225 Å². The lowest BCUT2D eigenvalue weighted by molar-refractivity contribution is 0.476. The predicted octanol–water partition coefficient (Wildman–Crippen LogP) is 8.64. The number of benzene rings is 4. The van der Waals surface area contributed by atoms with Gasteiger partial charge in [0, 0.05) is 53.7 Å². The third-order valence-electron chi connectivity index (χ3n) is 6.72. The molecule has 0 saturated carbocycles. The molecule has 6 nitrogen and oxygen atoms in total. The van der Waals surface area contributed by atoms with Crippen molar-refractivity contribution in [2.45, 2.75) is 0 Å². The molecular weight excluding hydrogens is 484 g/mol. The van der Waals surface area contributed by atoms with Gasteiger partial charge in [-0.1, -0.05) is 48.5 Å². The lowest BCUT2D eigenvalue weighted by Crippen LogP contribution is -2.11. The van der Waals surface area contributed by atoms with E-state index in [1.807, 2.05) is 96.7 Å². The van der Waals surface area contributed by atoms with E-state index >= 15 is 0 Å². The molecule has 0 radical (unpaired) electrons. The van der Waals surface area contributed by atoms with Gasteiger partial charge in [0.25, 0.3) is 0 Å². The summed E-state index contributed by atoms with van der Waals surface area (Å²) in [5.74, 6) is 2.98. The summed E-state index contributed by atoms with van der Waals surface area (Å²) in [6.07, 6.45) is 5.53. The molecule has 0 N–H and O–H groups in total. The van der Waals surface area contributed by atoms with Gasteiger partial charge in [0.15, 0.2) is 11.3 Å². The largest absolute Gasteiger partial charge is 0.453 e. The van der Waals surface area contributed by atoms with Crippen LogP contribution in [0.25, 0.3) is 33.3 Å². The van der Waals surface area contributed by atoms with E-state index in [-0.39, 0.29) is 0 Å². The fourth-order valence-electron chi connectivity index (χ4n) is 4.93. The summed E-state index contributed by atoms with van der Waals surface area (Å²) in [5.41, 5.74) is 4.40. The van der Waals surface area contributed by atoms with Gasteiger partial charge in [0.05, 0.1) is 5.69 Å². The van der Waals surface area contributed by atoms with E-state index in [0.717, 1.165) is 44.9 Å². The number of rotatable bonds is 6. The molecule has 7 rings (SSSR count). The van der Waals surface area contributed by atoms with Crippen LogP contribution in [0.3, 0.4) is 0 Å². The maximum Gasteiger partial charge on any atom is 0.177 e. The van der Waals surface area contributed by atoms with E-state index in [0.29, 0.717) is 17.1 Å². The van der Waals surface area contributed by atoms with E-state index in [1.165, 1.54) is 0 Å². The number of fused-ring (bicyclic) bond motifs is 3. The van der Waals surface area contributed by atoms with Gasteiger partial charge in [-0.05, 0) is 54.6 Å². The molecule has 7 aromatic rings. The van der Waals surface area contributed by atoms with E-state index in [4.69, 9.17) is 9.15 Å². The first-order chi connectivity index (χ1) is 19.2. The number of anilines is 3. The third-order valence-corrected chi connectivity index (χ3v) is 6.72. The highest BCUT2D eigenvalue weighted by Crippen LogP contribution is 2.41. The van der Waals surface area contributed by atoms with E-state index in [9.17, 15) is 0 Å². The van der Waals surface area contributed by atoms with E-state index < -0.39 is 0 Å². The first-order valence-corrected chi connectivity index (χ1v) is 12.7. The molecule has 0 amide bonds. The Hall–Kier alpha value is -5.36. The Bertz CT molecular complexity index is 1870. The maximum atomic E-state index is 6.58. The average Bonchev–Trinajstić information content (AvgIpc) is 3.58. The fourth-order valence-corrected chi connectivity index (χ4v) is 4.93. The van der Waals surface area contributed by atoms with Crippen LogP contribution in [0.1, 0.15) is 0 Å². The molecule has 0 fully saturated rings. The molecule has 0 bridgehead atoms. The standard InChI is InChI=1S/C33H24N4O2/c1-36-19-18-35-33(36)23-20-28-27-14-5-6-15-29(27)39-32(28)30(21-23)38-26-13-9-12-25(22-26)37(24-10-3-2-4-11-24)31-16-7-8-17-34-31/h2-22H,1H3. The summed E-state index contributed by atoms with van der Waals surface area (Å²) in [6.45, 7) is 0. The molecule has 39 heavy (non-hydrogen) atoms. The Balaban J connectivity index is 1.36. The summed E-state index contributed by atoms with van der Waals surface area (Å²) in [4.78, 5) is 11.3. The normalized spacial score (nSPS) is 11.2. The molecule has 3 heterocycles. The van der Waals surface area contributed by atoms with Crippen molar-refractivity contribution in [1.82, 2.24) is 14.5 Å². The van der Waals surface area contributed by atoms with Crippen molar-refractivity contribution in [2.24, 2.45) is 7.05 Å². The van der Waals surface area contributed by atoms with Crippen LogP contribution in [0.15, 0.2) is 132 Å². The number of furan rings is 1. The van der Waals surface area contributed by atoms with Gasteiger partial charge in [-0.3, -0.25) is 4.90 Å². The van der Waals surface area contributed by atoms with Crippen LogP contribution >= 0.6 is 0 Å². The zero-order valence-electron chi connectivity index (χ0n) is 21.2. The topological polar surface area (TPSA) is 56.3 Å². The van der Waals surface area contributed by atoms with Gasteiger partial charge in [-0.25, -0.2) is 9.97 Å². The summed E-state index contributed by atoms with van der Waals surface area (Å²) >= 11 is 0. The lowest BCUT2D eigenvalue weighted by atomic mass is 10.1. The van der Waals surface area contributed by atoms with Crippen molar-refractivity contribution in [2.75, 3.05) is 4.90 Å². The molecular formula is C33H24N4O2. The predicted molar refractivity (Wildman–Crippen MR) is 155 cm³/mol. The second-order valence-electron chi connectivity index (χ2n) is 9.27. The molecule has 4 aromatic carbocycles. The molecule has 3 aromatic heterocycles. The van der Waals surface area contributed by atoms with Crippen molar-refractivity contribution in [3.8, 4) is 22.9 Å². The van der Waals surface area contributed by atoms with E-state index in [1.54, 1.807) is 12.4 Å². The average molecular weight is 509 g/mol. The Morgan fingerprint density at radius 3 is 2.36 bits per heavy atom. The summed E-state index contributed by atoms with van der Waals surface area (Å²) in [6, 6.07) is 36.2. The monoisotopic (exact) mass is 508 g/mol. The molecule has 0 aliphatic heterocycles. The van der Waals surface area contributed by atoms with Crippen LogP contribution in [0, 0.1) is 0 Å². The number of para-hydroxylation sites is 2. The van der Waals surface area contributed by atoms with Crippen molar-refractivity contribution < 1.29 is 9.15 Å². The van der Waals surface area contributed by atoms with Gasteiger partial charge in [0.1, 0.15) is 23.0 Å². The number of ether oxygens (including phenoxy) is 1. The number of hydrogen-bond donors (Lipinski definition) is 0. The highest BCUT2D eigenvalue weighted by atomic mass is 16.5. The first-order valence-electron chi connectivity index (χ1n) is 12.7.